The van der Waals surface area contributed by atoms with Gasteiger partial charge in [0.15, 0.2) is 11.2 Å². The molecule has 0 bridgehead atoms. The first-order valence-electron chi connectivity index (χ1n) is 7.22. The summed E-state index contributed by atoms with van der Waals surface area (Å²) in [6.07, 6.45) is 1.56. The van der Waals surface area contributed by atoms with E-state index in [1.54, 1.807) is 23.9 Å². The van der Waals surface area contributed by atoms with Crippen molar-refractivity contribution in [1.29, 1.82) is 0 Å². The van der Waals surface area contributed by atoms with Crippen LogP contribution < -0.4 is 5.32 Å². The third kappa shape index (κ3) is 3.31. The fraction of sp³-hybridized carbons (Fsp3) is 0.467. The number of amides is 1. The van der Waals surface area contributed by atoms with Crippen molar-refractivity contribution < 1.29 is 19.8 Å². The third-order valence-corrected chi connectivity index (χ3v) is 3.48. The maximum atomic E-state index is 12.4. The number of hydrogen-bond acceptors (Lipinski definition) is 5. The smallest absolute Gasteiger partial charge is 0.337 e. The van der Waals surface area contributed by atoms with Gasteiger partial charge in [-0.2, -0.15) is 5.10 Å². The molecule has 2 heterocycles. The van der Waals surface area contributed by atoms with Gasteiger partial charge in [-0.3, -0.25) is 4.79 Å². The molecule has 0 fully saturated rings. The second-order valence-electron chi connectivity index (χ2n) is 5.99. The van der Waals surface area contributed by atoms with Crippen LogP contribution >= 0.6 is 0 Å². The van der Waals surface area contributed by atoms with Crippen molar-refractivity contribution in [1.82, 2.24) is 20.1 Å². The van der Waals surface area contributed by atoms with Gasteiger partial charge in [0.05, 0.1) is 23.7 Å². The summed E-state index contributed by atoms with van der Waals surface area (Å²) in [4.78, 5) is 27.7. The van der Waals surface area contributed by atoms with Crippen LogP contribution in [0.4, 0.5) is 0 Å². The average Bonchev–Trinajstić information content (AvgIpc) is 2.87. The lowest BCUT2D eigenvalue weighted by atomic mass is 10.1. The number of pyridine rings is 1. The molecule has 124 valence electrons. The number of hydrogen-bond donors (Lipinski definition) is 3. The van der Waals surface area contributed by atoms with Gasteiger partial charge in [-0.25, -0.2) is 14.5 Å². The number of aliphatic carboxylic acids is 1. The van der Waals surface area contributed by atoms with Crippen molar-refractivity contribution in [2.24, 2.45) is 0 Å². The number of nitrogens with one attached hydrogen (secondary N) is 1. The largest absolute Gasteiger partial charge is 0.479 e. The minimum atomic E-state index is -2.03. The number of carboxylic acids is 1. The van der Waals surface area contributed by atoms with E-state index in [1.165, 1.54) is 0 Å². The van der Waals surface area contributed by atoms with E-state index >= 15 is 0 Å². The molecule has 0 aliphatic carbocycles. The molecule has 2 rings (SSSR count). The first-order valence-corrected chi connectivity index (χ1v) is 7.22. The first kappa shape index (κ1) is 16.9. The normalized spacial score (nSPS) is 14.0. The number of nitrogens with zero attached hydrogens (tertiary/aromatic N) is 3. The SMILES string of the molecule is Cc1cc(C(=O)NCC(C)(O)C(=O)O)c2cnn(C(C)C)c2n1. The number of carbonyl (C=O) groups is 2. The van der Waals surface area contributed by atoms with E-state index < -0.39 is 24.0 Å². The van der Waals surface area contributed by atoms with Gasteiger partial charge in [0, 0.05) is 11.7 Å². The number of carboxylic acid groups (broad SMARTS) is 1. The van der Waals surface area contributed by atoms with Gasteiger partial charge in [-0.1, -0.05) is 0 Å². The van der Waals surface area contributed by atoms with Gasteiger partial charge in [-0.15, -0.1) is 0 Å². The van der Waals surface area contributed by atoms with E-state index in [0.717, 1.165) is 6.92 Å². The fourth-order valence-corrected chi connectivity index (χ4v) is 2.13. The lowest BCUT2D eigenvalue weighted by molar-refractivity contribution is -0.155. The lowest BCUT2D eigenvalue weighted by Gasteiger charge is -2.18. The lowest BCUT2D eigenvalue weighted by Crippen LogP contribution is -2.46. The van der Waals surface area contributed by atoms with Gasteiger partial charge in [0.1, 0.15) is 0 Å². The zero-order chi connectivity index (χ0) is 17.4. The number of fused-ring (bicyclic) bond motifs is 1. The highest BCUT2D eigenvalue weighted by Crippen LogP contribution is 2.21. The summed E-state index contributed by atoms with van der Waals surface area (Å²) in [5.41, 5.74) is -0.440. The molecule has 8 nitrogen and oxygen atoms in total. The summed E-state index contributed by atoms with van der Waals surface area (Å²) >= 11 is 0. The molecule has 23 heavy (non-hydrogen) atoms. The van der Waals surface area contributed by atoms with Crippen molar-refractivity contribution in [3.8, 4) is 0 Å². The molecule has 0 aromatic carbocycles. The Labute approximate surface area is 133 Å². The van der Waals surface area contributed by atoms with Crippen molar-refractivity contribution in [3.63, 3.8) is 0 Å². The molecule has 0 radical (unpaired) electrons. The molecule has 0 saturated carbocycles. The average molecular weight is 320 g/mol. The Morgan fingerprint density at radius 1 is 1.43 bits per heavy atom. The molecule has 0 aliphatic rings. The molecule has 0 spiro atoms. The van der Waals surface area contributed by atoms with Crippen molar-refractivity contribution >= 4 is 22.9 Å². The zero-order valence-electron chi connectivity index (χ0n) is 13.5. The number of aliphatic hydroxyl groups is 1. The predicted octanol–water partition coefficient (Wildman–Crippen LogP) is 0.886. The van der Waals surface area contributed by atoms with Gasteiger partial charge in [-0.05, 0) is 33.8 Å². The predicted molar refractivity (Wildman–Crippen MR) is 83.2 cm³/mol. The molecule has 2 aromatic heterocycles. The molecule has 3 N–H and O–H groups in total. The first-order chi connectivity index (χ1) is 10.6. The summed E-state index contributed by atoms with van der Waals surface area (Å²) < 4.78 is 1.71. The Morgan fingerprint density at radius 2 is 2.09 bits per heavy atom. The van der Waals surface area contributed by atoms with E-state index in [2.05, 4.69) is 15.4 Å². The third-order valence-electron chi connectivity index (χ3n) is 3.48. The summed E-state index contributed by atoms with van der Waals surface area (Å²) in [5, 5.41) is 25.8. The maximum Gasteiger partial charge on any atom is 0.337 e. The second-order valence-corrected chi connectivity index (χ2v) is 5.99. The number of aromatic nitrogens is 3. The Balaban J connectivity index is 2.36. The van der Waals surface area contributed by atoms with Crippen molar-refractivity contribution in [2.45, 2.75) is 39.3 Å². The van der Waals surface area contributed by atoms with Crippen LogP contribution in [0, 0.1) is 6.92 Å². The van der Waals surface area contributed by atoms with Gasteiger partial charge in [0.25, 0.3) is 5.91 Å². The van der Waals surface area contributed by atoms with E-state index in [-0.39, 0.29) is 6.04 Å². The summed E-state index contributed by atoms with van der Waals surface area (Å²) in [6, 6.07) is 1.70. The molecular formula is C15H20N4O4. The van der Waals surface area contributed by atoms with Crippen LogP contribution in [0.5, 0.6) is 0 Å². The van der Waals surface area contributed by atoms with Gasteiger partial charge < -0.3 is 15.5 Å². The standard InChI is InChI=1S/C15H20N4O4/c1-8(2)19-12-11(6-17-19)10(5-9(3)18-12)13(20)16-7-15(4,23)14(21)22/h5-6,8,23H,7H2,1-4H3,(H,16,20)(H,21,22). The number of carbonyl (C=O) groups excluding carboxylic acids is 1. The quantitative estimate of drug-likeness (QED) is 0.753. The molecular weight excluding hydrogens is 300 g/mol. The minimum absolute atomic E-state index is 0.0884. The summed E-state index contributed by atoms with van der Waals surface area (Å²) in [6.45, 7) is 6.41. The summed E-state index contributed by atoms with van der Waals surface area (Å²) in [7, 11) is 0. The van der Waals surface area contributed by atoms with Crippen LogP contribution in [0.3, 0.4) is 0 Å². The minimum Gasteiger partial charge on any atom is -0.479 e. The van der Waals surface area contributed by atoms with Crippen molar-refractivity contribution in [2.75, 3.05) is 6.54 Å². The van der Waals surface area contributed by atoms with Crippen LogP contribution in [-0.4, -0.2) is 49.0 Å². The van der Waals surface area contributed by atoms with Crippen LogP contribution in [0.25, 0.3) is 11.0 Å². The molecule has 1 amide bonds. The molecule has 2 aromatic rings. The summed E-state index contributed by atoms with van der Waals surface area (Å²) in [5.74, 6) is -1.88. The van der Waals surface area contributed by atoms with E-state index in [0.29, 0.717) is 22.3 Å². The van der Waals surface area contributed by atoms with Gasteiger partial charge in [0.2, 0.25) is 0 Å². The van der Waals surface area contributed by atoms with Crippen LogP contribution in [-0.2, 0) is 4.79 Å². The molecule has 8 heteroatoms. The highest BCUT2D eigenvalue weighted by atomic mass is 16.4. The molecule has 1 unspecified atom stereocenters. The Kier molecular flexibility index (Phi) is 4.37. The monoisotopic (exact) mass is 320 g/mol. The zero-order valence-corrected chi connectivity index (χ0v) is 13.5. The Hall–Kier alpha value is -2.48. The van der Waals surface area contributed by atoms with E-state index in [9.17, 15) is 14.7 Å². The topological polar surface area (TPSA) is 117 Å². The van der Waals surface area contributed by atoms with Crippen molar-refractivity contribution in [3.05, 3.63) is 23.5 Å². The molecule has 1 atom stereocenters. The second kappa shape index (κ2) is 5.96. The maximum absolute atomic E-state index is 12.4. The highest BCUT2D eigenvalue weighted by molar-refractivity contribution is 6.05. The van der Waals surface area contributed by atoms with Crippen LogP contribution in [0.1, 0.15) is 42.9 Å². The van der Waals surface area contributed by atoms with Gasteiger partial charge >= 0.3 is 5.97 Å². The Morgan fingerprint density at radius 3 is 2.65 bits per heavy atom. The Bertz CT molecular complexity index is 764. The van der Waals surface area contributed by atoms with E-state index in [1.807, 2.05) is 13.8 Å². The number of aryl methyl sites for hydroxylation is 1. The molecule has 0 aliphatic heterocycles. The number of rotatable bonds is 5. The van der Waals surface area contributed by atoms with Crippen LogP contribution in [0.15, 0.2) is 12.3 Å². The highest BCUT2D eigenvalue weighted by Gasteiger charge is 2.30. The van der Waals surface area contributed by atoms with Crippen LogP contribution in [0.2, 0.25) is 0 Å². The molecule has 0 saturated heterocycles. The van der Waals surface area contributed by atoms with E-state index in [4.69, 9.17) is 5.11 Å². The fourth-order valence-electron chi connectivity index (χ4n) is 2.13.